The van der Waals surface area contributed by atoms with E-state index in [4.69, 9.17) is 17.0 Å². The molecular weight excluding hydrogens is 280 g/mol. The zero-order valence-corrected chi connectivity index (χ0v) is 12.9. The van der Waals surface area contributed by atoms with Crippen molar-refractivity contribution in [2.75, 3.05) is 18.2 Å². The lowest BCUT2D eigenvalue weighted by Crippen LogP contribution is -2.35. The second-order valence-electron chi connectivity index (χ2n) is 4.30. The standard InChI is InChI=1S/C13H18N2O2S2/c1-9(2)8-17-13(16)15-12(18)14-10-4-6-11(19-3)7-5-10/h4-7,9H,8H2,1-3H3,(H2,14,15,16,18). The zero-order chi connectivity index (χ0) is 14.3. The Kier molecular flexibility index (Phi) is 6.66. The van der Waals surface area contributed by atoms with E-state index < -0.39 is 6.09 Å². The first-order chi connectivity index (χ1) is 9.01. The quantitative estimate of drug-likeness (QED) is 0.658. The van der Waals surface area contributed by atoms with Crippen molar-refractivity contribution in [1.82, 2.24) is 5.32 Å². The van der Waals surface area contributed by atoms with E-state index in [1.807, 2.05) is 44.4 Å². The molecule has 19 heavy (non-hydrogen) atoms. The molecule has 0 saturated carbocycles. The molecule has 0 bridgehead atoms. The van der Waals surface area contributed by atoms with Crippen LogP contribution in [0.15, 0.2) is 29.2 Å². The van der Waals surface area contributed by atoms with Gasteiger partial charge in [-0.1, -0.05) is 13.8 Å². The summed E-state index contributed by atoms with van der Waals surface area (Å²) >= 11 is 6.69. The van der Waals surface area contributed by atoms with Crippen LogP contribution in [-0.4, -0.2) is 24.1 Å². The Hall–Kier alpha value is -1.27. The van der Waals surface area contributed by atoms with E-state index in [9.17, 15) is 4.79 Å². The Labute approximate surface area is 123 Å². The van der Waals surface area contributed by atoms with Gasteiger partial charge in [-0.05, 0) is 48.7 Å². The van der Waals surface area contributed by atoms with E-state index in [0.717, 1.165) is 5.69 Å². The molecule has 0 spiro atoms. The summed E-state index contributed by atoms with van der Waals surface area (Å²) in [6, 6.07) is 7.76. The number of alkyl carbamates (subject to hydrolysis) is 1. The van der Waals surface area contributed by atoms with Crippen molar-refractivity contribution in [2.24, 2.45) is 5.92 Å². The molecule has 0 aromatic heterocycles. The van der Waals surface area contributed by atoms with Gasteiger partial charge in [0.05, 0.1) is 6.61 Å². The molecule has 104 valence electrons. The fraction of sp³-hybridized carbons (Fsp3) is 0.385. The first-order valence-electron chi connectivity index (χ1n) is 5.90. The Balaban J connectivity index is 2.39. The molecule has 0 unspecified atom stereocenters. The molecule has 1 rings (SSSR count). The molecule has 4 nitrogen and oxygen atoms in total. The van der Waals surface area contributed by atoms with Gasteiger partial charge in [-0.15, -0.1) is 11.8 Å². The van der Waals surface area contributed by atoms with Gasteiger partial charge in [-0.25, -0.2) is 4.79 Å². The Bertz CT molecular complexity index is 433. The summed E-state index contributed by atoms with van der Waals surface area (Å²) < 4.78 is 4.97. The third kappa shape index (κ3) is 6.45. The minimum Gasteiger partial charge on any atom is -0.449 e. The van der Waals surface area contributed by atoms with Crippen molar-refractivity contribution in [3.8, 4) is 0 Å². The molecule has 2 N–H and O–H groups in total. The number of amides is 1. The van der Waals surface area contributed by atoms with Gasteiger partial charge < -0.3 is 10.1 Å². The first-order valence-corrected chi connectivity index (χ1v) is 7.53. The highest BCUT2D eigenvalue weighted by atomic mass is 32.2. The summed E-state index contributed by atoms with van der Waals surface area (Å²) in [5.74, 6) is 0.298. The fourth-order valence-electron chi connectivity index (χ4n) is 1.21. The van der Waals surface area contributed by atoms with Gasteiger partial charge in [-0.2, -0.15) is 0 Å². The van der Waals surface area contributed by atoms with Crippen LogP contribution in [0, 0.1) is 5.92 Å². The van der Waals surface area contributed by atoms with Crippen LogP contribution >= 0.6 is 24.0 Å². The number of thiocarbonyl (C=S) groups is 1. The van der Waals surface area contributed by atoms with Gasteiger partial charge in [0.2, 0.25) is 0 Å². The van der Waals surface area contributed by atoms with Crippen molar-refractivity contribution >= 4 is 40.9 Å². The van der Waals surface area contributed by atoms with Crippen molar-refractivity contribution in [3.63, 3.8) is 0 Å². The molecule has 0 atom stereocenters. The highest BCUT2D eigenvalue weighted by Crippen LogP contribution is 2.17. The molecule has 0 aliphatic rings. The van der Waals surface area contributed by atoms with Crippen LogP contribution in [0.4, 0.5) is 10.5 Å². The van der Waals surface area contributed by atoms with Crippen LogP contribution in [0.3, 0.4) is 0 Å². The minimum atomic E-state index is -0.535. The average molecular weight is 298 g/mol. The van der Waals surface area contributed by atoms with Crippen LogP contribution in [0.2, 0.25) is 0 Å². The third-order valence-electron chi connectivity index (χ3n) is 2.11. The molecule has 0 saturated heterocycles. The van der Waals surface area contributed by atoms with Crippen molar-refractivity contribution in [2.45, 2.75) is 18.7 Å². The maximum atomic E-state index is 11.4. The number of carbonyl (C=O) groups is 1. The largest absolute Gasteiger partial charge is 0.449 e. The molecule has 1 aromatic rings. The van der Waals surface area contributed by atoms with Gasteiger partial charge >= 0.3 is 6.09 Å². The fourth-order valence-corrected chi connectivity index (χ4v) is 1.82. The first kappa shape index (κ1) is 15.8. The highest BCUT2D eigenvalue weighted by molar-refractivity contribution is 7.98. The lowest BCUT2D eigenvalue weighted by Gasteiger charge is -2.11. The number of hydrogen-bond acceptors (Lipinski definition) is 4. The Morgan fingerprint density at radius 3 is 2.53 bits per heavy atom. The zero-order valence-electron chi connectivity index (χ0n) is 11.2. The molecule has 0 aliphatic carbocycles. The normalized spacial score (nSPS) is 10.1. The Morgan fingerprint density at radius 2 is 2.00 bits per heavy atom. The lowest BCUT2D eigenvalue weighted by atomic mass is 10.2. The summed E-state index contributed by atoms with van der Waals surface area (Å²) in [6.07, 6.45) is 1.48. The van der Waals surface area contributed by atoms with E-state index in [1.54, 1.807) is 11.8 Å². The van der Waals surface area contributed by atoms with Crippen LogP contribution in [0.25, 0.3) is 0 Å². The number of nitrogens with one attached hydrogen (secondary N) is 2. The average Bonchev–Trinajstić information content (AvgIpc) is 2.37. The molecule has 1 aromatic carbocycles. The van der Waals surface area contributed by atoms with E-state index in [2.05, 4.69) is 10.6 Å². The number of ether oxygens (including phenoxy) is 1. The van der Waals surface area contributed by atoms with E-state index in [1.165, 1.54) is 4.90 Å². The highest BCUT2D eigenvalue weighted by Gasteiger charge is 2.06. The molecular formula is C13H18N2O2S2. The SMILES string of the molecule is CSc1ccc(NC(=S)NC(=O)OCC(C)C)cc1. The van der Waals surface area contributed by atoms with Crippen molar-refractivity contribution in [1.29, 1.82) is 0 Å². The molecule has 0 radical (unpaired) electrons. The molecule has 0 heterocycles. The predicted molar refractivity (Wildman–Crippen MR) is 83.8 cm³/mol. The van der Waals surface area contributed by atoms with Gasteiger partial charge in [0.1, 0.15) is 0 Å². The van der Waals surface area contributed by atoms with Gasteiger partial charge in [0.25, 0.3) is 0 Å². The maximum Gasteiger partial charge on any atom is 0.413 e. The summed E-state index contributed by atoms with van der Waals surface area (Å²) in [4.78, 5) is 12.6. The van der Waals surface area contributed by atoms with Gasteiger partial charge in [0, 0.05) is 10.6 Å². The van der Waals surface area contributed by atoms with E-state index >= 15 is 0 Å². The second-order valence-corrected chi connectivity index (χ2v) is 5.59. The van der Waals surface area contributed by atoms with Crippen LogP contribution < -0.4 is 10.6 Å². The van der Waals surface area contributed by atoms with Gasteiger partial charge in [-0.3, -0.25) is 5.32 Å². The monoisotopic (exact) mass is 298 g/mol. The summed E-state index contributed by atoms with van der Waals surface area (Å²) in [7, 11) is 0. The minimum absolute atomic E-state index is 0.227. The number of rotatable bonds is 4. The smallest absolute Gasteiger partial charge is 0.413 e. The van der Waals surface area contributed by atoms with Gasteiger partial charge in [0.15, 0.2) is 5.11 Å². The summed E-state index contributed by atoms with van der Waals surface area (Å²) in [6.45, 7) is 4.31. The lowest BCUT2D eigenvalue weighted by molar-refractivity contribution is 0.138. The third-order valence-corrected chi connectivity index (χ3v) is 3.06. The van der Waals surface area contributed by atoms with Crippen LogP contribution in [-0.2, 0) is 4.74 Å². The summed E-state index contributed by atoms with van der Waals surface area (Å²) in [5, 5.41) is 5.62. The van der Waals surface area contributed by atoms with E-state index in [-0.39, 0.29) is 5.11 Å². The van der Waals surface area contributed by atoms with Crippen molar-refractivity contribution in [3.05, 3.63) is 24.3 Å². The molecule has 6 heteroatoms. The van der Waals surface area contributed by atoms with Crippen molar-refractivity contribution < 1.29 is 9.53 Å². The summed E-state index contributed by atoms with van der Waals surface area (Å²) in [5.41, 5.74) is 0.826. The predicted octanol–water partition coefficient (Wildman–Crippen LogP) is 3.49. The number of hydrogen-bond donors (Lipinski definition) is 2. The second kappa shape index (κ2) is 8.01. The maximum absolute atomic E-state index is 11.4. The number of benzene rings is 1. The molecule has 1 amide bonds. The van der Waals surface area contributed by atoms with E-state index in [0.29, 0.717) is 12.5 Å². The molecule has 0 fully saturated rings. The number of carbonyl (C=O) groups excluding carboxylic acids is 1. The Morgan fingerprint density at radius 1 is 1.37 bits per heavy atom. The molecule has 0 aliphatic heterocycles. The number of thioether (sulfide) groups is 1. The topological polar surface area (TPSA) is 50.4 Å². The number of anilines is 1. The van der Waals surface area contributed by atoms with Crippen LogP contribution in [0.5, 0.6) is 0 Å². The van der Waals surface area contributed by atoms with Crippen LogP contribution in [0.1, 0.15) is 13.8 Å².